The number of pyridine rings is 1. The summed E-state index contributed by atoms with van der Waals surface area (Å²) in [5.74, 6) is 1.15. The first-order chi connectivity index (χ1) is 7.34. The summed E-state index contributed by atoms with van der Waals surface area (Å²) in [6, 6.07) is 2.37. The van der Waals surface area contributed by atoms with Crippen LogP contribution < -0.4 is 5.43 Å². The van der Waals surface area contributed by atoms with E-state index < -0.39 is 0 Å². The minimum absolute atomic E-state index is 0.380. The van der Waals surface area contributed by atoms with E-state index in [9.17, 15) is 0 Å². The van der Waals surface area contributed by atoms with Crippen LogP contribution in [0.3, 0.4) is 0 Å². The smallest absolute Gasteiger partial charge is 0.126 e. The van der Waals surface area contributed by atoms with Crippen LogP contribution in [0.25, 0.3) is 0 Å². The zero-order chi connectivity index (χ0) is 10.3. The van der Waals surface area contributed by atoms with Crippen LogP contribution >= 0.6 is 11.6 Å². The third-order valence-corrected chi connectivity index (χ3v) is 3.12. The zero-order valence-corrected chi connectivity index (χ0v) is 8.91. The van der Waals surface area contributed by atoms with Crippen LogP contribution in [-0.4, -0.2) is 22.4 Å². The second kappa shape index (κ2) is 3.38. The van der Waals surface area contributed by atoms with Gasteiger partial charge in [0.05, 0.1) is 11.1 Å². The monoisotopic (exact) mass is 222 g/mol. The maximum atomic E-state index is 5.94. The normalized spacial score (nSPS) is 23.7. The topological polar surface area (TPSA) is 40.5 Å². The van der Waals surface area contributed by atoms with Crippen molar-refractivity contribution in [2.24, 2.45) is 5.10 Å². The summed E-state index contributed by atoms with van der Waals surface area (Å²) in [4.78, 5) is 6.40. The molecule has 1 unspecified atom stereocenters. The van der Waals surface area contributed by atoms with E-state index in [1.54, 1.807) is 6.20 Å². The molecule has 15 heavy (non-hydrogen) atoms. The number of halogens is 1. The number of nitrogens with zero attached hydrogens (tertiary/aromatic N) is 3. The molecule has 78 valence electrons. The van der Waals surface area contributed by atoms with E-state index in [0.29, 0.717) is 11.1 Å². The van der Waals surface area contributed by atoms with E-state index in [2.05, 4.69) is 20.4 Å². The van der Waals surface area contributed by atoms with Gasteiger partial charge < -0.3 is 4.90 Å². The van der Waals surface area contributed by atoms with Gasteiger partial charge in [0.2, 0.25) is 0 Å². The molecule has 0 aliphatic carbocycles. The Balaban J connectivity index is 1.92. The molecule has 4 nitrogen and oxygen atoms in total. The Labute approximate surface area is 92.9 Å². The van der Waals surface area contributed by atoms with Crippen molar-refractivity contribution in [2.75, 3.05) is 6.67 Å². The number of hydrogen-bond donors (Lipinski definition) is 1. The molecular formula is C10H11ClN4. The number of aromatic nitrogens is 1. The van der Waals surface area contributed by atoms with Crippen LogP contribution in [-0.2, 0) is 0 Å². The van der Waals surface area contributed by atoms with Crippen molar-refractivity contribution in [1.29, 1.82) is 0 Å². The van der Waals surface area contributed by atoms with E-state index in [1.165, 1.54) is 5.56 Å². The molecule has 2 aliphatic heterocycles. The third kappa shape index (κ3) is 1.45. The zero-order valence-electron chi connectivity index (χ0n) is 8.15. The number of hydrazone groups is 1. The van der Waals surface area contributed by atoms with Crippen molar-refractivity contribution in [1.82, 2.24) is 15.3 Å². The lowest BCUT2D eigenvalue weighted by Gasteiger charge is -2.21. The van der Waals surface area contributed by atoms with E-state index in [1.807, 2.05) is 12.3 Å². The summed E-state index contributed by atoms with van der Waals surface area (Å²) in [7, 11) is 0. The molecule has 5 heteroatoms. The van der Waals surface area contributed by atoms with Gasteiger partial charge in [-0.15, -0.1) is 0 Å². The summed E-state index contributed by atoms with van der Waals surface area (Å²) >= 11 is 5.94. The SMILES string of the molecule is Clc1cncc(C2CCC3=NNCN32)c1. The molecule has 0 radical (unpaired) electrons. The number of amidine groups is 1. The number of hydrogen-bond acceptors (Lipinski definition) is 4. The molecule has 1 N–H and O–H groups in total. The van der Waals surface area contributed by atoms with Gasteiger partial charge in [0.25, 0.3) is 0 Å². The molecule has 0 aromatic carbocycles. The van der Waals surface area contributed by atoms with Gasteiger partial charge in [0.1, 0.15) is 12.5 Å². The molecule has 3 heterocycles. The highest BCUT2D eigenvalue weighted by molar-refractivity contribution is 6.30. The van der Waals surface area contributed by atoms with Gasteiger partial charge in [-0.3, -0.25) is 10.4 Å². The summed E-state index contributed by atoms with van der Waals surface area (Å²) in [6.07, 6.45) is 5.68. The fourth-order valence-electron chi connectivity index (χ4n) is 2.23. The Bertz CT molecular complexity index is 418. The highest BCUT2D eigenvalue weighted by Crippen LogP contribution is 2.34. The maximum absolute atomic E-state index is 5.94. The van der Waals surface area contributed by atoms with Crippen LogP contribution in [0, 0.1) is 0 Å². The molecule has 1 saturated heterocycles. The highest BCUT2D eigenvalue weighted by atomic mass is 35.5. The highest BCUT2D eigenvalue weighted by Gasteiger charge is 2.33. The predicted molar refractivity (Wildman–Crippen MR) is 58.5 cm³/mol. The van der Waals surface area contributed by atoms with Gasteiger partial charge in [-0.25, -0.2) is 0 Å². The average Bonchev–Trinajstić information content (AvgIpc) is 2.77. The molecule has 3 rings (SSSR count). The van der Waals surface area contributed by atoms with Crippen molar-refractivity contribution < 1.29 is 0 Å². The average molecular weight is 223 g/mol. The van der Waals surface area contributed by atoms with E-state index in [4.69, 9.17) is 11.6 Å². The van der Waals surface area contributed by atoms with Crippen molar-refractivity contribution >= 4 is 17.4 Å². The van der Waals surface area contributed by atoms with Crippen molar-refractivity contribution in [3.63, 3.8) is 0 Å². The lowest BCUT2D eigenvalue weighted by Crippen LogP contribution is -2.27. The Kier molecular flexibility index (Phi) is 2.02. The summed E-state index contributed by atoms with van der Waals surface area (Å²) in [5.41, 5.74) is 4.18. The molecule has 1 atom stereocenters. The number of fused-ring (bicyclic) bond motifs is 1. The summed E-state index contributed by atoms with van der Waals surface area (Å²) in [6.45, 7) is 0.798. The first-order valence-electron chi connectivity index (χ1n) is 5.01. The van der Waals surface area contributed by atoms with Crippen molar-refractivity contribution in [3.8, 4) is 0 Å². The standard InChI is InChI=1S/C10H11ClN4/c11-8-3-7(4-12-5-8)9-1-2-10-14-13-6-15(9)10/h3-5,9,13H,1-2,6H2. The minimum atomic E-state index is 0.380. The molecule has 0 bridgehead atoms. The molecule has 1 aromatic heterocycles. The molecule has 0 amide bonds. The van der Waals surface area contributed by atoms with Gasteiger partial charge in [-0.2, -0.15) is 5.10 Å². The Morgan fingerprint density at radius 2 is 2.40 bits per heavy atom. The quantitative estimate of drug-likeness (QED) is 0.787. The molecular weight excluding hydrogens is 212 g/mol. The van der Waals surface area contributed by atoms with E-state index in [-0.39, 0.29) is 0 Å². The fraction of sp³-hybridized carbons (Fsp3) is 0.400. The van der Waals surface area contributed by atoms with Crippen LogP contribution in [0.2, 0.25) is 5.02 Å². The molecule has 2 aliphatic rings. The summed E-state index contributed by atoms with van der Waals surface area (Å²) in [5, 5.41) is 4.93. The largest absolute Gasteiger partial charge is 0.333 e. The second-order valence-electron chi connectivity index (χ2n) is 3.81. The minimum Gasteiger partial charge on any atom is -0.333 e. The van der Waals surface area contributed by atoms with Crippen molar-refractivity contribution in [2.45, 2.75) is 18.9 Å². The van der Waals surface area contributed by atoms with Gasteiger partial charge >= 0.3 is 0 Å². The van der Waals surface area contributed by atoms with Crippen LogP contribution in [0.4, 0.5) is 0 Å². The lowest BCUT2D eigenvalue weighted by molar-refractivity contribution is 0.345. The Morgan fingerprint density at radius 3 is 3.27 bits per heavy atom. The molecule has 1 aromatic rings. The first-order valence-corrected chi connectivity index (χ1v) is 5.39. The first kappa shape index (κ1) is 8.97. The van der Waals surface area contributed by atoms with Gasteiger partial charge in [-0.05, 0) is 18.1 Å². The van der Waals surface area contributed by atoms with E-state index in [0.717, 1.165) is 25.3 Å². The van der Waals surface area contributed by atoms with E-state index >= 15 is 0 Å². The predicted octanol–water partition coefficient (Wildman–Crippen LogP) is 1.75. The molecule has 0 spiro atoms. The van der Waals surface area contributed by atoms with Crippen LogP contribution in [0.1, 0.15) is 24.4 Å². The number of nitrogens with one attached hydrogen (secondary N) is 1. The van der Waals surface area contributed by atoms with Gasteiger partial charge in [-0.1, -0.05) is 11.6 Å². The lowest BCUT2D eigenvalue weighted by atomic mass is 10.1. The second-order valence-corrected chi connectivity index (χ2v) is 4.24. The van der Waals surface area contributed by atoms with Gasteiger partial charge in [0, 0.05) is 18.8 Å². The summed E-state index contributed by atoms with van der Waals surface area (Å²) < 4.78 is 0. The van der Waals surface area contributed by atoms with Crippen LogP contribution in [0.15, 0.2) is 23.6 Å². The third-order valence-electron chi connectivity index (χ3n) is 2.91. The molecule has 1 fully saturated rings. The molecule has 0 saturated carbocycles. The van der Waals surface area contributed by atoms with Gasteiger partial charge in [0.15, 0.2) is 0 Å². The van der Waals surface area contributed by atoms with Crippen LogP contribution in [0.5, 0.6) is 0 Å². The number of rotatable bonds is 1. The fourth-order valence-corrected chi connectivity index (χ4v) is 2.41. The Morgan fingerprint density at radius 1 is 1.47 bits per heavy atom. The maximum Gasteiger partial charge on any atom is 0.126 e. The Hall–Kier alpha value is -1.29. The van der Waals surface area contributed by atoms with Crippen molar-refractivity contribution in [3.05, 3.63) is 29.0 Å².